The molecule has 1 fully saturated rings. The van der Waals surface area contributed by atoms with E-state index >= 15 is 0 Å². The Morgan fingerprint density at radius 2 is 1.06 bits per heavy atom. The first-order valence-corrected chi connectivity index (χ1v) is 23.8. The summed E-state index contributed by atoms with van der Waals surface area (Å²) in [5, 5.41) is 0. The van der Waals surface area contributed by atoms with Crippen LogP contribution in [0.4, 0.5) is 5.82 Å². The van der Waals surface area contributed by atoms with Crippen LogP contribution in [-0.4, -0.2) is 107 Å². The zero-order chi connectivity index (χ0) is 40.5. The smallest absolute Gasteiger partial charge is 0.472 e. The summed E-state index contributed by atoms with van der Waals surface area (Å²) in [6, 6.07) is 0. The Balaban J connectivity index is 0.0000101. The van der Waals surface area contributed by atoms with E-state index in [0.717, 1.165) is 11.3 Å². The number of nitrogen functional groups attached to an aromatic ring is 1. The zero-order valence-electron chi connectivity index (χ0n) is 26.9. The number of aromatic nitrogens is 3. The molecule has 1 unspecified atom stereocenters. The third kappa shape index (κ3) is 16.0. The van der Waals surface area contributed by atoms with Crippen molar-refractivity contribution in [1.29, 1.82) is 0 Å². The lowest BCUT2D eigenvalue weighted by atomic mass is 9.85. The van der Waals surface area contributed by atoms with Crippen LogP contribution in [0.3, 0.4) is 0 Å². The van der Waals surface area contributed by atoms with Crippen LogP contribution in [0.5, 0.6) is 0 Å². The fourth-order valence-corrected chi connectivity index (χ4v) is 9.43. The molecule has 2 aromatic rings. The quantitative estimate of drug-likeness (QED) is 0.0495. The first-order valence-electron chi connectivity index (χ1n) is 13.7. The van der Waals surface area contributed by atoms with Gasteiger partial charge in [-0.1, -0.05) is 11.3 Å². The summed E-state index contributed by atoms with van der Waals surface area (Å²) in [5.41, 5.74) is 8.73. The largest absolute Gasteiger partial charge is 1.00 e. The molecule has 3 rings (SSSR count). The lowest BCUT2D eigenvalue weighted by Gasteiger charge is -2.48. The van der Waals surface area contributed by atoms with E-state index in [1.165, 1.54) is 6.20 Å². The summed E-state index contributed by atoms with van der Waals surface area (Å²) in [4.78, 5) is 115. The molecular weight excluding hydrogens is 910 g/mol. The average molecular weight is 943 g/mol. The number of phosphoric acid groups is 6. The molecule has 2 aromatic heterocycles. The first kappa shape index (κ1) is 49.6. The minimum atomic E-state index is -6.09. The molecule has 54 heavy (non-hydrogen) atoms. The third-order valence-electron chi connectivity index (χ3n) is 6.59. The molecule has 0 saturated heterocycles. The van der Waals surface area contributed by atoms with Crippen LogP contribution >= 0.6 is 58.3 Å². The average Bonchev–Trinajstić information content (AvgIpc) is 3.27. The summed E-state index contributed by atoms with van der Waals surface area (Å²) < 4.78 is 106. The van der Waals surface area contributed by atoms with Crippen LogP contribution in [-0.2, 0) is 72.0 Å². The van der Waals surface area contributed by atoms with Crippen molar-refractivity contribution in [3.05, 3.63) is 33.7 Å². The van der Waals surface area contributed by atoms with Gasteiger partial charge in [-0.15, -0.1) is 0 Å². The number of nitrogens with zero attached hydrogens (tertiary/aromatic N) is 3. The van der Waals surface area contributed by atoms with Crippen molar-refractivity contribution in [1.82, 2.24) is 9.97 Å². The Morgan fingerprint density at radius 3 is 1.41 bits per heavy atom. The van der Waals surface area contributed by atoms with E-state index in [2.05, 4.69) is 32.6 Å². The van der Waals surface area contributed by atoms with E-state index < -0.39 is 90.2 Å². The summed E-state index contributed by atoms with van der Waals surface area (Å²) >= 11 is 1.14. The maximum absolute atomic E-state index is 13.2. The van der Waals surface area contributed by atoms with Gasteiger partial charge in [0.2, 0.25) is 5.51 Å². The number of anilines is 1. The fraction of sp³-hybridized carbons (Fsp3) is 0.611. The molecule has 0 bridgehead atoms. The van der Waals surface area contributed by atoms with E-state index in [1.807, 2.05) is 0 Å². The second kappa shape index (κ2) is 18.6. The standard InChI is InChI=1S/C18H32N4O24P6S.ClH/c1-8-11(53-7-22(8)6-10-5-20-9(2)21-18(10)19)3-4-40-52(38,39)46-17-15(44-50(32,33)34)13(42-48(26,27)28)12(41-47(23,24)25)14(43-49(29,30)31)16(17)45-51(35,36)37;/h5,7,12-17H,3-4,6H2,1-2H3,(H12-,19,20,21,23,24,25,26,27,28,29,30,31,32,33,34,35,36,37,38,39);1H/t12-,13-,14+,15-,16-,17-;/m0./s1. The molecule has 0 spiro atoms. The molecule has 0 radical (unpaired) electrons. The van der Waals surface area contributed by atoms with Crippen molar-refractivity contribution in [2.45, 2.75) is 63.4 Å². The van der Waals surface area contributed by atoms with Gasteiger partial charge in [-0.2, -0.15) is 4.57 Å². The topological polar surface area (TPSA) is 445 Å². The van der Waals surface area contributed by atoms with E-state index in [0.29, 0.717) is 22.0 Å². The summed E-state index contributed by atoms with van der Waals surface area (Å²) in [6.07, 6.45) is -17.5. The number of thiazole rings is 1. The second-order valence-electron chi connectivity index (χ2n) is 10.6. The van der Waals surface area contributed by atoms with E-state index in [-0.39, 0.29) is 31.2 Å². The van der Waals surface area contributed by atoms with Gasteiger partial charge < -0.3 is 72.0 Å². The monoisotopic (exact) mass is 942 g/mol. The van der Waals surface area contributed by atoms with Crippen molar-refractivity contribution >= 4 is 64.1 Å². The molecule has 1 aliphatic carbocycles. The second-order valence-corrected chi connectivity index (χ2v) is 18.9. The Kier molecular flexibility index (Phi) is 17.1. The van der Waals surface area contributed by atoms with Crippen molar-refractivity contribution in [2.24, 2.45) is 0 Å². The van der Waals surface area contributed by atoms with Crippen molar-refractivity contribution < 1.29 is 130 Å². The lowest BCUT2D eigenvalue weighted by molar-refractivity contribution is -0.689. The predicted octanol–water partition coefficient (Wildman–Crippen LogP) is -4.48. The molecule has 1 aliphatic rings. The van der Waals surface area contributed by atoms with Gasteiger partial charge in [-0.3, -0.25) is 31.7 Å². The Bertz CT molecular complexity index is 1850. The highest BCUT2D eigenvalue weighted by Crippen LogP contribution is 2.58. The molecule has 0 aliphatic heterocycles. The molecular formula is C18H33ClN4O24P6S. The molecule has 2 heterocycles. The highest BCUT2D eigenvalue weighted by molar-refractivity contribution is 7.48. The number of nitrogens with two attached hydrogens (primary N) is 1. The van der Waals surface area contributed by atoms with Crippen LogP contribution in [0, 0.1) is 13.8 Å². The van der Waals surface area contributed by atoms with Gasteiger partial charge in [0.05, 0.1) is 17.0 Å². The van der Waals surface area contributed by atoms with Crippen molar-refractivity contribution in [2.75, 3.05) is 12.3 Å². The molecule has 0 aromatic carbocycles. The summed E-state index contributed by atoms with van der Waals surface area (Å²) in [6.45, 7) is 2.76. The lowest BCUT2D eigenvalue weighted by Crippen LogP contribution is -3.00. The van der Waals surface area contributed by atoms with Gasteiger partial charge in [0, 0.05) is 19.5 Å². The van der Waals surface area contributed by atoms with Crippen LogP contribution < -0.4 is 22.7 Å². The molecule has 13 N–H and O–H groups in total. The number of halogens is 1. The van der Waals surface area contributed by atoms with Gasteiger partial charge in [0.15, 0.2) is 12.2 Å². The number of rotatable bonds is 18. The Labute approximate surface area is 312 Å². The molecule has 0 amide bonds. The molecule has 1 saturated carbocycles. The number of hydrogen-bond acceptors (Lipinski definition) is 17. The van der Waals surface area contributed by atoms with Crippen LogP contribution in [0.2, 0.25) is 0 Å². The number of phosphoric ester groups is 6. The van der Waals surface area contributed by atoms with E-state index in [1.54, 1.807) is 23.9 Å². The molecule has 28 nitrogen and oxygen atoms in total. The van der Waals surface area contributed by atoms with Crippen LogP contribution in [0.15, 0.2) is 11.7 Å². The molecule has 7 atom stereocenters. The normalized spacial score (nSPS) is 24.2. The Morgan fingerprint density at radius 1 is 0.685 bits per heavy atom. The van der Waals surface area contributed by atoms with E-state index in [4.69, 9.17) is 14.8 Å². The zero-order valence-corrected chi connectivity index (χ0v) is 33.8. The SMILES string of the molecule is Cc1ncc(C[n+]2csc(CCOP(=O)(O)O[C@@H]3[C@@H](OP(=O)(O)O)[C@H](OP(=O)(O)O)[C@@H](OP(=O)(O)O)[C@H](OP(=O)(O)O)[C@@H]3OP(=O)(O)O)c2C)c(N)n1.[Cl-]. The number of aryl methyl sites for hydroxylation is 1. The summed E-state index contributed by atoms with van der Waals surface area (Å²) in [7, 11) is -36.2. The van der Waals surface area contributed by atoms with Crippen molar-refractivity contribution in [3.63, 3.8) is 0 Å². The first-order chi connectivity index (χ1) is 23.8. The van der Waals surface area contributed by atoms with E-state index in [9.17, 15) is 81.2 Å². The van der Waals surface area contributed by atoms with Crippen molar-refractivity contribution in [3.8, 4) is 0 Å². The van der Waals surface area contributed by atoms with Gasteiger partial charge in [0.25, 0.3) is 0 Å². The fourth-order valence-electron chi connectivity index (χ4n) is 4.74. The van der Waals surface area contributed by atoms with Crippen LogP contribution in [0.25, 0.3) is 0 Å². The van der Waals surface area contributed by atoms with Gasteiger partial charge in [-0.05, 0) is 6.92 Å². The minimum absolute atomic E-state index is 0. The highest BCUT2D eigenvalue weighted by Gasteiger charge is 2.63. The predicted molar refractivity (Wildman–Crippen MR) is 168 cm³/mol. The molecule has 312 valence electrons. The van der Waals surface area contributed by atoms with Gasteiger partial charge in [-0.25, -0.2) is 37.4 Å². The number of hydrogen-bond donors (Lipinski definition) is 12. The Hall–Kier alpha value is -0.540. The third-order valence-corrected chi connectivity index (χ3v) is 11.3. The van der Waals surface area contributed by atoms with Gasteiger partial charge in [0.1, 0.15) is 48.3 Å². The van der Waals surface area contributed by atoms with Gasteiger partial charge >= 0.3 is 46.9 Å². The maximum atomic E-state index is 13.2. The minimum Gasteiger partial charge on any atom is -1.00 e. The summed E-state index contributed by atoms with van der Waals surface area (Å²) in [5.74, 6) is 0.647. The highest BCUT2D eigenvalue weighted by atomic mass is 35.5. The molecule has 36 heteroatoms. The van der Waals surface area contributed by atoms with Crippen LogP contribution in [0.1, 0.15) is 22.0 Å². The maximum Gasteiger partial charge on any atom is 0.472 e.